The van der Waals surface area contributed by atoms with Crippen molar-refractivity contribution in [3.05, 3.63) is 9.98 Å². The minimum Gasteiger partial charge on any atom is -0.346 e. The van der Waals surface area contributed by atoms with Gasteiger partial charge in [0.15, 0.2) is 5.13 Å². The second kappa shape index (κ2) is 4.03. The predicted octanol–water partition coefficient (Wildman–Crippen LogP) is 2.09. The van der Waals surface area contributed by atoms with E-state index in [-0.39, 0.29) is 0 Å². The summed E-state index contributed by atoms with van der Waals surface area (Å²) in [6.45, 7) is 3.50. The van der Waals surface area contributed by atoms with E-state index in [4.69, 9.17) is 0 Å². The van der Waals surface area contributed by atoms with Crippen molar-refractivity contribution in [3.8, 4) is 0 Å². The molecule has 3 heterocycles. The van der Waals surface area contributed by atoms with E-state index < -0.39 is 0 Å². The molecular weight excluding hydrogens is 274 g/mol. The number of rotatable bonds is 1. The van der Waals surface area contributed by atoms with Crippen molar-refractivity contribution in [2.24, 2.45) is 5.92 Å². The molecule has 15 heavy (non-hydrogen) atoms. The Morgan fingerprint density at radius 1 is 1.53 bits per heavy atom. The first-order valence-electron chi connectivity index (χ1n) is 5.42. The number of aromatic nitrogens is 1. The maximum absolute atomic E-state index is 4.48. The van der Waals surface area contributed by atoms with Gasteiger partial charge in [-0.05, 0) is 41.2 Å². The van der Waals surface area contributed by atoms with Crippen LogP contribution < -0.4 is 10.2 Å². The van der Waals surface area contributed by atoms with Gasteiger partial charge in [-0.1, -0.05) is 0 Å². The summed E-state index contributed by atoms with van der Waals surface area (Å²) >= 11 is 5.15. The first-order chi connectivity index (χ1) is 7.33. The molecule has 0 bridgehead atoms. The highest BCUT2D eigenvalue weighted by molar-refractivity contribution is 9.10. The van der Waals surface area contributed by atoms with Crippen LogP contribution in [0.1, 0.15) is 12.8 Å². The van der Waals surface area contributed by atoms with Crippen molar-refractivity contribution in [2.45, 2.75) is 18.9 Å². The average Bonchev–Trinajstić information content (AvgIpc) is 2.82. The molecule has 2 aliphatic heterocycles. The highest BCUT2D eigenvalue weighted by atomic mass is 79.9. The van der Waals surface area contributed by atoms with Crippen LogP contribution >= 0.6 is 27.3 Å². The van der Waals surface area contributed by atoms with Gasteiger partial charge in [0.2, 0.25) is 0 Å². The molecule has 0 radical (unpaired) electrons. The standard InChI is InChI=1S/C10H14BrN3S/c11-9-6-15-10(13-9)14-4-7-2-1-3-12-8(7)5-14/h6-8,12H,1-5H2/t7-,8+/m0/s1. The number of anilines is 1. The molecular formula is C10H14BrN3S. The van der Waals surface area contributed by atoms with Gasteiger partial charge >= 0.3 is 0 Å². The summed E-state index contributed by atoms with van der Waals surface area (Å²) in [6.07, 6.45) is 2.71. The van der Waals surface area contributed by atoms with Gasteiger partial charge in [-0.2, -0.15) is 0 Å². The van der Waals surface area contributed by atoms with Gasteiger partial charge < -0.3 is 10.2 Å². The van der Waals surface area contributed by atoms with Crippen LogP contribution in [0.5, 0.6) is 0 Å². The molecule has 3 rings (SSSR count). The van der Waals surface area contributed by atoms with Crippen LogP contribution in [0.2, 0.25) is 0 Å². The molecule has 0 aliphatic carbocycles. The van der Waals surface area contributed by atoms with Gasteiger partial charge in [-0.3, -0.25) is 0 Å². The van der Waals surface area contributed by atoms with Crippen molar-refractivity contribution in [3.63, 3.8) is 0 Å². The minimum atomic E-state index is 0.696. The van der Waals surface area contributed by atoms with Crippen LogP contribution in [0.25, 0.3) is 0 Å². The van der Waals surface area contributed by atoms with Crippen LogP contribution in [-0.2, 0) is 0 Å². The first-order valence-corrected chi connectivity index (χ1v) is 7.09. The Kier molecular flexibility index (Phi) is 2.70. The Hall–Kier alpha value is -0.130. The molecule has 5 heteroatoms. The van der Waals surface area contributed by atoms with E-state index in [9.17, 15) is 0 Å². The summed E-state index contributed by atoms with van der Waals surface area (Å²) in [5.41, 5.74) is 0. The highest BCUT2D eigenvalue weighted by Gasteiger charge is 2.35. The third-order valence-corrected chi connectivity index (χ3v) is 4.94. The summed E-state index contributed by atoms with van der Waals surface area (Å²) in [4.78, 5) is 6.90. The molecule has 2 fully saturated rings. The van der Waals surface area contributed by atoms with E-state index in [1.165, 1.54) is 25.9 Å². The molecule has 0 amide bonds. The molecule has 82 valence electrons. The zero-order valence-electron chi connectivity index (χ0n) is 8.45. The SMILES string of the molecule is Brc1csc(N2C[C@@H]3CCCN[C@@H]3C2)n1. The molecule has 0 unspecified atom stereocenters. The van der Waals surface area contributed by atoms with Crippen LogP contribution in [0, 0.1) is 5.92 Å². The Balaban J connectivity index is 1.74. The largest absolute Gasteiger partial charge is 0.346 e. The molecule has 2 saturated heterocycles. The lowest BCUT2D eigenvalue weighted by atomic mass is 9.94. The van der Waals surface area contributed by atoms with Crippen molar-refractivity contribution >= 4 is 32.4 Å². The Bertz CT molecular complexity index is 340. The normalized spacial score (nSPS) is 30.6. The number of fused-ring (bicyclic) bond motifs is 1. The summed E-state index contributed by atoms with van der Waals surface area (Å²) in [5.74, 6) is 0.835. The summed E-state index contributed by atoms with van der Waals surface area (Å²) in [7, 11) is 0. The van der Waals surface area contributed by atoms with Crippen LogP contribution in [0.15, 0.2) is 9.98 Å². The molecule has 0 saturated carbocycles. The highest BCUT2D eigenvalue weighted by Crippen LogP contribution is 2.31. The molecule has 3 nitrogen and oxygen atoms in total. The zero-order chi connectivity index (χ0) is 10.3. The Labute approximate surface area is 102 Å². The van der Waals surface area contributed by atoms with Crippen LogP contribution in [0.4, 0.5) is 5.13 Å². The number of hydrogen-bond donors (Lipinski definition) is 1. The fourth-order valence-corrected chi connectivity index (χ4v) is 3.86. The molecule has 2 aliphatic rings. The molecule has 1 N–H and O–H groups in total. The number of nitrogens with zero attached hydrogens (tertiary/aromatic N) is 2. The topological polar surface area (TPSA) is 28.2 Å². The second-order valence-electron chi connectivity index (χ2n) is 4.32. The van der Waals surface area contributed by atoms with Crippen molar-refractivity contribution < 1.29 is 0 Å². The maximum atomic E-state index is 4.48. The second-order valence-corrected chi connectivity index (χ2v) is 5.97. The Morgan fingerprint density at radius 2 is 2.47 bits per heavy atom. The van der Waals surface area contributed by atoms with Gasteiger partial charge in [0, 0.05) is 24.5 Å². The van der Waals surface area contributed by atoms with E-state index in [1.807, 2.05) is 0 Å². The number of thiazole rings is 1. The lowest BCUT2D eigenvalue weighted by molar-refractivity contribution is 0.340. The van der Waals surface area contributed by atoms with Crippen molar-refractivity contribution in [2.75, 3.05) is 24.5 Å². The lowest BCUT2D eigenvalue weighted by Crippen LogP contribution is -2.40. The van der Waals surface area contributed by atoms with Gasteiger partial charge in [0.05, 0.1) is 0 Å². The third kappa shape index (κ3) is 1.92. The smallest absolute Gasteiger partial charge is 0.186 e. The Morgan fingerprint density at radius 3 is 3.20 bits per heavy atom. The molecule has 2 atom stereocenters. The van der Waals surface area contributed by atoms with E-state index in [1.54, 1.807) is 11.3 Å². The van der Waals surface area contributed by atoms with Gasteiger partial charge in [0.1, 0.15) is 4.60 Å². The molecule has 0 aromatic carbocycles. The molecule has 0 spiro atoms. The summed E-state index contributed by atoms with van der Waals surface area (Å²) < 4.78 is 0.963. The maximum Gasteiger partial charge on any atom is 0.186 e. The monoisotopic (exact) mass is 287 g/mol. The zero-order valence-corrected chi connectivity index (χ0v) is 10.9. The number of halogens is 1. The predicted molar refractivity (Wildman–Crippen MR) is 66.5 cm³/mol. The van der Waals surface area contributed by atoms with Crippen LogP contribution in [-0.4, -0.2) is 30.7 Å². The number of piperidine rings is 1. The molecule has 1 aromatic heterocycles. The summed E-state index contributed by atoms with van der Waals surface area (Å²) in [6, 6.07) is 0.696. The van der Waals surface area contributed by atoms with E-state index in [2.05, 4.69) is 36.5 Å². The van der Waals surface area contributed by atoms with Crippen LogP contribution in [0.3, 0.4) is 0 Å². The molecule has 1 aromatic rings. The number of hydrogen-bond acceptors (Lipinski definition) is 4. The number of nitrogens with one attached hydrogen (secondary N) is 1. The first kappa shape index (κ1) is 10.1. The van der Waals surface area contributed by atoms with Crippen molar-refractivity contribution in [1.29, 1.82) is 0 Å². The van der Waals surface area contributed by atoms with E-state index in [0.29, 0.717) is 6.04 Å². The summed E-state index contributed by atoms with van der Waals surface area (Å²) in [5, 5.41) is 6.84. The van der Waals surface area contributed by atoms with Gasteiger partial charge in [-0.25, -0.2) is 4.98 Å². The quantitative estimate of drug-likeness (QED) is 0.857. The lowest BCUT2D eigenvalue weighted by Gasteiger charge is -2.24. The van der Waals surface area contributed by atoms with E-state index in [0.717, 1.165) is 22.2 Å². The fourth-order valence-electron chi connectivity index (χ4n) is 2.59. The van der Waals surface area contributed by atoms with Gasteiger partial charge in [-0.15, -0.1) is 11.3 Å². The minimum absolute atomic E-state index is 0.696. The van der Waals surface area contributed by atoms with Gasteiger partial charge in [0.25, 0.3) is 0 Å². The average molecular weight is 288 g/mol. The fraction of sp³-hybridized carbons (Fsp3) is 0.700. The van der Waals surface area contributed by atoms with Crippen molar-refractivity contribution in [1.82, 2.24) is 10.3 Å². The third-order valence-electron chi connectivity index (χ3n) is 3.33. The van der Waals surface area contributed by atoms with E-state index >= 15 is 0 Å².